The van der Waals surface area contributed by atoms with Crippen molar-refractivity contribution in [2.75, 3.05) is 0 Å². The predicted molar refractivity (Wildman–Crippen MR) is 114 cm³/mol. The Morgan fingerprint density at radius 3 is 2.67 bits per heavy atom. The van der Waals surface area contributed by atoms with E-state index in [4.69, 9.17) is 0 Å². The van der Waals surface area contributed by atoms with E-state index in [2.05, 4.69) is 47.4 Å². The van der Waals surface area contributed by atoms with Gasteiger partial charge in [-0.25, -0.2) is 9.97 Å². The smallest absolute Gasteiger partial charge is 0.155 e. The van der Waals surface area contributed by atoms with E-state index < -0.39 is 0 Å². The number of aromatic nitrogens is 8. The van der Waals surface area contributed by atoms with E-state index in [1.807, 2.05) is 49.9 Å². The Labute approximate surface area is 170 Å². The molecule has 8 heteroatoms. The maximum Gasteiger partial charge on any atom is 0.155 e. The van der Waals surface area contributed by atoms with Crippen LogP contribution in [-0.2, 0) is 7.05 Å². The summed E-state index contributed by atoms with van der Waals surface area (Å²) in [4.78, 5) is 16.9. The second kappa shape index (κ2) is 6.35. The van der Waals surface area contributed by atoms with Crippen LogP contribution in [0.15, 0.2) is 67.4 Å². The average Bonchev–Trinajstić information content (AvgIpc) is 3.50. The fourth-order valence-electron chi connectivity index (χ4n) is 3.74. The number of nitrogens with zero attached hydrogens (tertiary/aromatic N) is 6. The zero-order chi connectivity index (χ0) is 20.1. The molecule has 0 aliphatic carbocycles. The summed E-state index contributed by atoms with van der Waals surface area (Å²) in [7, 11) is 1.90. The monoisotopic (exact) mass is 392 g/mol. The Morgan fingerprint density at radius 1 is 0.867 bits per heavy atom. The van der Waals surface area contributed by atoms with E-state index in [1.54, 1.807) is 17.1 Å². The van der Waals surface area contributed by atoms with E-state index in [-0.39, 0.29) is 0 Å². The number of hydrogen-bond acceptors (Lipinski definition) is 5. The SMILES string of the molecule is Cn1cc(-c2cnc3[nH]nc(-c4cc5c(-c6ccccn6)ccnc5[nH]4)c3c2)cn1. The van der Waals surface area contributed by atoms with Gasteiger partial charge in [-0.1, -0.05) is 6.07 Å². The molecule has 0 spiro atoms. The molecule has 0 aromatic carbocycles. The molecule has 0 unspecified atom stereocenters. The minimum absolute atomic E-state index is 0.731. The highest BCUT2D eigenvalue weighted by Crippen LogP contribution is 2.33. The lowest BCUT2D eigenvalue weighted by atomic mass is 10.1. The molecule has 144 valence electrons. The molecule has 6 heterocycles. The van der Waals surface area contributed by atoms with Crippen molar-refractivity contribution in [2.24, 2.45) is 7.05 Å². The van der Waals surface area contributed by atoms with Crippen molar-refractivity contribution in [2.45, 2.75) is 0 Å². The van der Waals surface area contributed by atoms with Crippen molar-refractivity contribution in [3.8, 4) is 33.8 Å². The van der Waals surface area contributed by atoms with E-state index in [1.165, 1.54) is 0 Å². The number of pyridine rings is 3. The van der Waals surface area contributed by atoms with Gasteiger partial charge >= 0.3 is 0 Å². The van der Waals surface area contributed by atoms with Gasteiger partial charge in [0.2, 0.25) is 0 Å². The van der Waals surface area contributed by atoms with Gasteiger partial charge in [0.1, 0.15) is 11.3 Å². The molecule has 0 aliphatic rings. The predicted octanol–water partition coefficient (Wildman–Crippen LogP) is 3.96. The van der Waals surface area contributed by atoms with Crippen LogP contribution in [0.2, 0.25) is 0 Å². The van der Waals surface area contributed by atoms with Crippen molar-refractivity contribution in [3.63, 3.8) is 0 Å². The third kappa shape index (κ3) is 2.58. The standard InChI is InChI=1S/C22H16N8/c1-30-12-14(11-26-30)13-8-17-20(28-29-22(17)25-10-13)19-9-16-15(5-7-24-21(16)27-19)18-4-2-3-6-23-18/h2-12H,1H3,(H,24,27)(H,25,28,29). The minimum atomic E-state index is 0.731. The van der Waals surface area contributed by atoms with Gasteiger partial charge in [0, 0.05) is 59.3 Å². The number of H-pyrrole nitrogens is 2. The van der Waals surface area contributed by atoms with Crippen LogP contribution in [0, 0.1) is 0 Å². The van der Waals surface area contributed by atoms with Crippen LogP contribution in [0.4, 0.5) is 0 Å². The van der Waals surface area contributed by atoms with Crippen molar-refractivity contribution in [3.05, 3.63) is 67.4 Å². The second-order valence-electron chi connectivity index (χ2n) is 7.11. The third-order valence-electron chi connectivity index (χ3n) is 5.18. The largest absolute Gasteiger partial charge is 0.338 e. The third-order valence-corrected chi connectivity index (χ3v) is 5.18. The quantitative estimate of drug-likeness (QED) is 0.475. The molecule has 2 N–H and O–H groups in total. The Bertz CT molecular complexity index is 1510. The number of aromatic amines is 2. The minimum Gasteiger partial charge on any atom is -0.338 e. The van der Waals surface area contributed by atoms with Crippen LogP contribution < -0.4 is 0 Å². The summed E-state index contributed by atoms with van der Waals surface area (Å²) in [5.41, 5.74) is 7.12. The molecular formula is C22H16N8. The fraction of sp³-hybridized carbons (Fsp3) is 0.0455. The van der Waals surface area contributed by atoms with Gasteiger partial charge < -0.3 is 4.98 Å². The maximum absolute atomic E-state index is 4.54. The molecule has 0 radical (unpaired) electrons. The molecule has 6 aromatic rings. The highest BCUT2D eigenvalue weighted by atomic mass is 15.2. The first-order valence-electron chi connectivity index (χ1n) is 9.49. The van der Waals surface area contributed by atoms with Crippen molar-refractivity contribution in [1.82, 2.24) is 39.9 Å². The topological polar surface area (TPSA) is 101 Å². The molecule has 0 atom stereocenters. The van der Waals surface area contributed by atoms with Crippen molar-refractivity contribution in [1.29, 1.82) is 0 Å². The molecule has 6 rings (SSSR count). The molecule has 0 amide bonds. The first kappa shape index (κ1) is 16.6. The second-order valence-corrected chi connectivity index (χ2v) is 7.11. The zero-order valence-electron chi connectivity index (χ0n) is 16.0. The van der Waals surface area contributed by atoms with Gasteiger partial charge in [0.05, 0.1) is 17.6 Å². The maximum atomic E-state index is 4.54. The Morgan fingerprint density at radius 2 is 1.83 bits per heavy atom. The van der Waals surface area contributed by atoms with Crippen LogP contribution in [0.1, 0.15) is 0 Å². The molecule has 0 saturated heterocycles. The molecule has 6 aromatic heterocycles. The van der Waals surface area contributed by atoms with Crippen molar-refractivity contribution >= 4 is 22.1 Å². The Hall–Kier alpha value is -4.33. The number of fused-ring (bicyclic) bond motifs is 2. The first-order valence-corrected chi connectivity index (χ1v) is 9.49. The van der Waals surface area contributed by atoms with E-state index in [9.17, 15) is 0 Å². The van der Waals surface area contributed by atoms with E-state index >= 15 is 0 Å². The highest BCUT2D eigenvalue weighted by molar-refractivity contribution is 5.99. The summed E-state index contributed by atoms with van der Waals surface area (Å²) in [6, 6.07) is 12.0. The Balaban J connectivity index is 1.52. The highest BCUT2D eigenvalue weighted by Gasteiger charge is 2.16. The van der Waals surface area contributed by atoms with Crippen LogP contribution in [0.25, 0.3) is 55.8 Å². The summed E-state index contributed by atoms with van der Waals surface area (Å²) in [5, 5.41) is 13.7. The zero-order valence-corrected chi connectivity index (χ0v) is 16.0. The number of nitrogens with one attached hydrogen (secondary N) is 2. The van der Waals surface area contributed by atoms with Crippen LogP contribution in [0.5, 0.6) is 0 Å². The van der Waals surface area contributed by atoms with E-state index in [0.29, 0.717) is 0 Å². The summed E-state index contributed by atoms with van der Waals surface area (Å²) >= 11 is 0. The molecule has 0 fully saturated rings. The molecule has 0 bridgehead atoms. The first-order chi connectivity index (χ1) is 14.8. The lowest BCUT2D eigenvalue weighted by molar-refractivity contribution is 0.768. The lowest BCUT2D eigenvalue weighted by Crippen LogP contribution is -1.84. The van der Waals surface area contributed by atoms with Gasteiger partial charge in [-0.05, 0) is 30.3 Å². The normalized spacial score (nSPS) is 11.5. The molecule has 8 nitrogen and oxygen atoms in total. The summed E-state index contributed by atoms with van der Waals surface area (Å²) in [6.07, 6.45) is 9.20. The Kier molecular flexibility index (Phi) is 3.51. The lowest BCUT2D eigenvalue weighted by Gasteiger charge is -2.00. The molecule has 30 heavy (non-hydrogen) atoms. The summed E-state index contributed by atoms with van der Waals surface area (Å²) < 4.78 is 1.78. The van der Waals surface area contributed by atoms with Crippen LogP contribution in [0.3, 0.4) is 0 Å². The number of aryl methyl sites for hydroxylation is 1. The summed E-state index contributed by atoms with van der Waals surface area (Å²) in [6.45, 7) is 0. The fourth-order valence-corrected chi connectivity index (χ4v) is 3.74. The number of hydrogen-bond donors (Lipinski definition) is 2. The van der Waals surface area contributed by atoms with Gasteiger partial charge in [0.25, 0.3) is 0 Å². The molecule has 0 aliphatic heterocycles. The van der Waals surface area contributed by atoms with Gasteiger partial charge in [-0.2, -0.15) is 10.2 Å². The summed E-state index contributed by atoms with van der Waals surface area (Å²) in [5.74, 6) is 0. The van der Waals surface area contributed by atoms with Crippen LogP contribution in [-0.4, -0.2) is 39.9 Å². The van der Waals surface area contributed by atoms with Crippen molar-refractivity contribution < 1.29 is 0 Å². The van der Waals surface area contributed by atoms with Gasteiger partial charge in [-0.3, -0.25) is 14.8 Å². The van der Waals surface area contributed by atoms with Gasteiger partial charge in [0.15, 0.2) is 5.65 Å². The van der Waals surface area contributed by atoms with Crippen LogP contribution >= 0.6 is 0 Å². The molecular weight excluding hydrogens is 376 g/mol. The average molecular weight is 392 g/mol. The molecule has 0 saturated carbocycles. The van der Waals surface area contributed by atoms with Gasteiger partial charge in [-0.15, -0.1) is 0 Å². The van der Waals surface area contributed by atoms with E-state index in [0.717, 1.165) is 55.8 Å². The number of rotatable bonds is 3.